The third-order valence-corrected chi connectivity index (χ3v) is 4.64. The summed E-state index contributed by atoms with van der Waals surface area (Å²) in [7, 11) is 0. The van der Waals surface area contributed by atoms with Gasteiger partial charge in [0, 0.05) is 10.9 Å². The number of nitrogens with one attached hydrogen (secondary N) is 1. The van der Waals surface area contributed by atoms with Crippen molar-refractivity contribution in [3.63, 3.8) is 0 Å². The first-order valence-electron chi connectivity index (χ1n) is 9.16. The van der Waals surface area contributed by atoms with Crippen molar-refractivity contribution in [1.82, 2.24) is 5.32 Å². The molecule has 0 saturated carbocycles. The minimum Gasteiger partial charge on any atom is -0.457 e. The number of alkyl halides is 3. The number of rotatable bonds is 6. The molecule has 0 aliphatic heterocycles. The van der Waals surface area contributed by atoms with E-state index in [1.807, 2.05) is 0 Å². The number of carbonyl (C=O) groups is 1. The zero-order valence-corrected chi connectivity index (χ0v) is 16.0. The van der Waals surface area contributed by atoms with Crippen molar-refractivity contribution in [1.29, 1.82) is 0 Å². The van der Waals surface area contributed by atoms with E-state index in [4.69, 9.17) is 9.84 Å². The van der Waals surface area contributed by atoms with Crippen LogP contribution in [-0.2, 0) is 6.18 Å². The number of hydrogen-bond acceptors (Lipinski definition) is 4. The Kier molecular flexibility index (Phi) is 6.28. The average Bonchev–Trinajstić information content (AvgIpc) is 2.72. The molecule has 30 heavy (non-hydrogen) atoms. The number of benzene rings is 3. The first-order valence-corrected chi connectivity index (χ1v) is 9.16. The van der Waals surface area contributed by atoms with Crippen LogP contribution in [0.3, 0.4) is 0 Å². The smallest absolute Gasteiger partial charge is 0.416 e. The molecular weight excluding hydrogens is 399 g/mol. The molecule has 3 rings (SSSR count). The Bertz CT molecular complexity index is 1030. The van der Waals surface area contributed by atoms with Crippen molar-refractivity contribution in [2.24, 2.45) is 0 Å². The lowest BCUT2D eigenvalue weighted by molar-refractivity contribution is -0.137. The van der Waals surface area contributed by atoms with Gasteiger partial charge in [-0.25, -0.2) is 0 Å². The van der Waals surface area contributed by atoms with Crippen LogP contribution in [0.5, 0.6) is 11.5 Å². The Morgan fingerprint density at radius 3 is 2.43 bits per heavy atom. The van der Waals surface area contributed by atoms with Gasteiger partial charge in [0.15, 0.2) is 0 Å². The Hall–Kier alpha value is -3.10. The Morgan fingerprint density at radius 1 is 1.10 bits per heavy atom. The van der Waals surface area contributed by atoms with Crippen LogP contribution in [0.2, 0.25) is 0 Å². The fourth-order valence-electron chi connectivity index (χ4n) is 2.87. The molecule has 3 aromatic carbocycles. The maximum Gasteiger partial charge on any atom is 0.416 e. The molecule has 3 N–H and O–H groups in total. The van der Waals surface area contributed by atoms with Gasteiger partial charge in [0.1, 0.15) is 11.5 Å². The van der Waals surface area contributed by atoms with Crippen LogP contribution in [0.1, 0.15) is 22.8 Å². The minimum atomic E-state index is -4.42. The van der Waals surface area contributed by atoms with Gasteiger partial charge in [0.25, 0.3) is 5.91 Å². The van der Waals surface area contributed by atoms with Crippen molar-refractivity contribution in [2.45, 2.75) is 25.2 Å². The fraction of sp³-hybridized carbons (Fsp3) is 0.227. The van der Waals surface area contributed by atoms with Gasteiger partial charge in [0.2, 0.25) is 0 Å². The third-order valence-electron chi connectivity index (χ3n) is 4.64. The highest BCUT2D eigenvalue weighted by molar-refractivity contribution is 6.00. The molecule has 0 aromatic heterocycles. The Labute approximate surface area is 170 Å². The topological polar surface area (TPSA) is 78.8 Å². The zero-order valence-electron chi connectivity index (χ0n) is 16.0. The minimum absolute atomic E-state index is 0.254. The number of aliphatic hydroxyl groups is 2. The maximum atomic E-state index is 12.7. The number of aliphatic hydroxyl groups excluding tert-OH is 2. The molecule has 2 unspecified atom stereocenters. The van der Waals surface area contributed by atoms with Crippen molar-refractivity contribution >= 4 is 16.7 Å². The van der Waals surface area contributed by atoms with Crippen LogP contribution in [0.25, 0.3) is 10.8 Å². The Morgan fingerprint density at radius 2 is 1.80 bits per heavy atom. The lowest BCUT2D eigenvalue weighted by Crippen LogP contribution is -2.42. The SMILES string of the molecule is CC(NC(=O)c1ccc2c(Oc3ccc(C(F)(F)F)cc3)cccc2c1)C(O)CO. The predicted octanol–water partition coefficient (Wildman–Crippen LogP) is 4.12. The number of amides is 1. The molecule has 1 amide bonds. The summed E-state index contributed by atoms with van der Waals surface area (Å²) in [5.41, 5.74) is -0.407. The predicted molar refractivity (Wildman–Crippen MR) is 105 cm³/mol. The summed E-state index contributed by atoms with van der Waals surface area (Å²) in [5.74, 6) is 0.276. The molecule has 0 bridgehead atoms. The molecule has 0 spiro atoms. The molecule has 8 heteroatoms. The van der Waals surface area contributed by atoms with E-state index < -0.39 is 36.4 Å². The van der Waals surface area contributed by atoms with Crippen LogP contribution in [0.15, 0.2) is 60.7 Å². The molecule has 0 aliphatic rings. The van der Waals surface area contributed by atoms with Gasteiger partial charge >= 0.3 is 6.18 Å². The van der Waals surface area contributed by atoms with E-state index in [9.17, 15) is 23.1 Å². The molecule has 2 atom stereocenters. The normalized spacial score (nSPS) is 13.7. The van der Waals surface area contributed by atoms with Crippen molar-refractivity contribution in [2.75, 3.05) is 6.61 Å². The van der Waals surface area contributed by atoms with Gasteiger partial charge in [-0.05, 0) is 60.8 Å². The van der Waals surface area contributed by atoms with Crippen LogP contribution in [0.4, 0.5) is 13.2 Å². The second-order valence-electron chi connectivity index (χ2n) is 6.83. The third kappa shape index (κ3) is 4.90. The van der Waals surface area contributed by atoms with Gasteiger partial charge in [-0.15, -0.1) is 0 Å². The quantitative estimate of drug-likeness (QED) is 0.562. The highest BCUT2D eigenvalue weighted by Gasteiger charge is 2.30. The van der Waals surface area contributed by atoms with Gasteiger partial charge < -0.3 is 20.3 Å². The maximum absolute atomic E-state index is 12.7. The average molecular weight is 419 g/mol. The first kappa shape index (κ1) is 21.6. The summed E-state index contributed by atoms with van der Waals surface area (Å²) >= 11 is 0. The van der Waals surface area contributed by atoms with Crippen LogP contribution in [-0.4, -0.2) is 34.9 Å². The highest BCUT2D eigenvalue weighted by Crippen LogP contribution is 2.33. The van der Waals surface area contributed by atoms with E-state index in [1.54, 1.807) is 43.3 Å². The number of halogens is 3. The van der Waals surface area contributed by atoms with E-state index in [0.29, 0.717) is 22.1 Å². The van der Waals surface area contributed by atoms with Gasteiger partial charge in [-0.1, -0.05) is 12.1 Å². The van der Waals surface area contributed by atoms with E-state index in [2.05, 4.69) is 5.32 Å². The number of ether oxygens (including phenoxy) is 1. The molecule has 0 saturated heterocycles. The second-order valence-corrected chi connectivity index (χ2v) is 6.83. The van der Waals surface area contributed by atoms with Crippen molar-refractivity contribution in [3.05, 3.63) is 71.8 Å². The van der Waals surface area contributed by atoms with Gasteiger partial charge in [-0.2, -0.15) is 13.2 Å². The van der Waals surface area contributed by atoms with Gasteiger partial charge in [0.05, 0.1) is 24.3 Å². The highest BCUT2D eigenvalue weighted by atomic mass is 19.4. The van der Waals surface area contributed by atoms with Gasteiger partial charge in [-0.3, -0.25) is 4.79 Å². The lowest BCUT2D eigenvalue weighted by Gasteiger charge is -2.18. The number of fused-ring (bicyclic) bond motifs is 1. The van der Waals surface area contributed by atoms with E-state index in [0.717, 1.165) is 12.1 Å². The molecule has 158 valence electrons. The Balaban J connectivity index is 1.82. The van der Waals surface area contributed by atoms with E-state index in [1.165, 1.54) is 12.1 Å². The first-order chi connectivity index (χ1) is 14.2. The zero-order chi connectivity index (χ0) is 21.9. The lowest BCUT2D eigenvalue weighted by atomic mass is 10.0. The van der Waals surface area contributed by atoms with Crippen LogP contribution >= 0.6 is 0 Å². The second kappa shape index (κ2) is 8.73. The molecule has 3 aromatic rings. The largest absolute Gasteiger partial charge is 0.457 e. The summed E-state index contributed by atoms with van der Waals surface area (Å²) < 4.78 is 43.8. The molecule has 0 aliphatic carbocycles. The summed E-state index contributed by atoms with van der Waals surface area (Å²) in [6, 6.07) is 13.8. The molecule has 0 radical (unpaired) electrons. The molecule has 5 nitrogen and oxygen atoms in total. The monoisotopic (exact) mass is 419 g/mol. The van der Waals surface area contributed by atoms with Crippen LogP contribution < -0.4 is 10.1 Å². The van der Waals surface area contributed by atoms with Crippen molar-refractivity contribution < 1.29 is 32.9 Å². The summed E-state index contributed by atoms with van der Waals surface area (Å²) in [6.07, 6.45) is -5.49. The van der Waals surface area contributed by atoms with E-state index in [-0.39, 0.29) is 5.75 Å². The molecule has 0 fully saturated rings. The standard InChI is InChI=1S/C22H20F3NO4/c1-13(19(28)12-27)26-21(29)15-5-10-18-14(11-15)3-2-4-20(18)30-17-8-6-16(7-9-17)22(23,24)25/h2-11,13,19,27-28H,12H2,1H3,(H,26,29). The van der Waals surface area contributed by atoms with E-state index >= 15 is 0 Å². The molecular formula is C22H20F3NO4. The number of hydrogen-bond donors (Lipinski definition) is 3. The summed E-state index contributed by atoms with van der Waals surface area (Å²) in [4.78, 5) is 12.4. The fourth-order valence-corrected chi connectivity index (χ4v) is 2.87. The van der Waals surface area contributed by atoms with Crippen molar-refractivity contribution in [3.8, 4) is 11.5 Å². The summed E-state index contributed by atoms with van der Waals surface area (Å²) in [6.45, 7) is 1.11. The van der Waals surface area contributed by atoms with Crippen LogP contribution in [0, 0.1) is 0 Å². The summed E-state index contributed by atoms with van der Waals surface area (Å²) in [5, 5.41) is 22.5. The molecule has 0 heterocycles. The number of carbonyl (C=O) groups excluding carboxylic acids is 1.